The fourth-order valence-corrected chi connectivity index (χ4v) is 3.52. The first-order chi connectivity index (χ1) is 11.2. The molecule has 2 N–H and O–H groups in total. The van der Waals surface area contributed by atoms with Crippen molar-refractivity contribution in [3.8, 4) is 5.75 Å². The number of hydrogen-bond acceptors (Lipinski definition) is 3. The van der Waals surface area contributed by atoms with E-state index >= 15 is 0 Å². The molecule has 126 valence electrons. The Bertz CT molecular complexity index is 767. The molecule has 0 aliphatic rings. The van der Waals surface area contributed by atoms with Crippen molar-refractivity contribution in [2.24, 2.45) is 5.10 Å². The summed E-state index contributed by atoms with van der Waals surface area (Å²) in [7, 11) is 0. The number of phenols is 1. The van der Waals surface area contributed by atoms with Crippen LogP contribution in [0.1, 0.15) is 21.5 Å². The molecular formula is C15H9F3I2N2O2. The number of aromatic hydroxyl groups is 1. The molecule has 0 saturated carbocycles. The number of nitrogens with zero attached hydrogens (tertiary/aromatic N) is 1. The number of amides is 1. The van der Waals surface area contributed by atoms with Crippen molar-refractivity contribution >= 4 is 57.3 Å². The number of carbonyl (C=O) groups is 1. The van der Waals surface area contributed by atoms with Gasteiger partial charge >= 0.3 is 6.18 Å². The lowest BCUT2D eigenvalue weighted by Gasteiger charge is -2.06. The van der Waals surface area contributed by atoms with Crippen molar-refractivity contribution in [3.63, 3.8) is 0 Å². The Morgan fingerprint density at radius 3 is 2.17 bits per heavy atom. The average Bonchev–Trinajstić information content (AvgIpc) is 2.51. The highest BCUT2D eigenvalue weighted by atomic mass is 127. The van der Waals surface area contributed by atoms with E-state index in [1.807, 2.05) is 45.2 Å². The second-order valence-corrected chi connectivity index (χ2v) is 6.93. The van der Waals surface area contributed by atoms with E-state index in [1.54, 1.807) is 12.1 Å². The van der Waals surface area contributed by atoms with Crippen LogP contribution in [-0.2, 0) is 6.18 Å². The Kier molecular flexibility index (Phi) is 6.06. The van der Waals surface area contributed by atoms with Crippen molar-refractivity contribution < 1.29 is 23.1 Å². The van der Waals surface area contributed by atoms with Gasteiger partial charge in [0.15, 0.2) is 0 Å². The molecule has 0 fully saturated rings. The van der Waals surface area contributed by atoms with E-state index in [1.165, 1.54) is 6.21 Å². The summed E-state index contributed by atoms with van der Waals surface area (Å²) in [5.41, 5.74) is 2.14. The molecule has 24 heavy (non-hydrogen) atoms. The number of rotatable bonds is 3. The maximum atomic E-state index is 12.5. The number of halogens is 5. The van der Waals surface area contributed by atoms with E-state index in [0.29, 0.717) is 12.7 Å². The number of nitrogens with one attached hydrogen (secondary N) is 1. The van der Waals surface area contributed by atoms with Gasteiger partial charge < -0.3 is 5.11 Å². The first kappa shape index (κ1) is 19.0. The molecule has 0 aromatic heterocycles. The van der Waals surface area contributed by atoms with Crippen LogP contribution in [0, 0.1) is 7.14 Å². The minimum absolute atomic E-state index is 0.0648. The summed E-state index contributed by atoms with van der Waals surface area (Å²) in [6.07, 6.45) is -3.06. The monoisotopic (exact) mass is 560 g/mol. The van der Waals surface area contributed by atoms with E-state index in [9.17, 15) is 23.1 Å². The third-order valence-corrected chi connectivity index (χ3v) is 4.54. The minimum atomic E-state index is -4.44. The third-order valence-electron chi connectivity index (χ3n) is 2.89. The fourth-order valence-electron chi connectivity index (χ4n) is 1.70. The molecular weight excluding hydrogens is 551 g/mol. The molecule has 4 nitrogen and oxygen atoms in total. The second-order valence-electron chi connectivity index (χ2n) is 4.61. The zero-order chi connectivity index (χ0) is 17.9. The van der Waals surface area contributed by atoms with Gasteiger partial charge in [0.2, 0.25) is 0 Å². The van der Waals surface area contributed by atoms with Gasteiger partial charge in [0.25, 0.3) is 5.91 Å². The first-order valence-corrected chi connectivity index (χ1v) is 8.53. The average molecular weight is 560 g/mol. The number of phenolic OH excluding ortho intramolecular Hbond substituents is 1. The van der Waals surface area contributed by atoms with Gasteiger partial charge in [0.1, 0.15) is 5.75 Å². The predicted molar refractivity (Wildman–Crippen MR) is 100 cm³/mol. The lowest BCUT2D eigenvalue weighted by molar-refractivity contribution is -0.137. The lowest BCUT2D eigenvalue weighted by Crippen LogP contribution is -2.18. The second kappa shape index (κ2) is 7.68. The molecule has 0 radical (unpaired) electrons. The molecule has 0 aliphatic heterocycles. The van der Waals surface area contributed by atoms with Crippen LogP contribution < -0.4 is 5.43 Å². The normalized spacial score (nSPS) is 11.7. The molecule has 0 bridgehead atoms. The molecule has 0 aliphatic carbocycles. The smallest absolute Gasteiger partial charge is 0.416 e. The highest BCUT2D eigenvalue weighted by Crippen LogP contribution is 2.29. The summed E-state index contributed by atoms with van der Waals surface area (Å²) in [4.78, 5) is 11.8. The molecule has 0 atom stereocenters. The molecule has 0 heterocycles. The Morgan fingerprint density at radius 2 is 1.67 bits per heavy atom. The number of hydrazone groups is 1. The highest BCUT2D eigenvalue weighted by molar-refractivity contribution is 14.1. The lowest BCUT2D eigenvalue weighted by atomic mass is 10.1. The summed E-state index contributed by atoms with van der Waals surface area (Å²) >= 11 is 3.93. The van der Waals surface area contributed by atoms with Crippen molar-refractivity contribution in [2.45, 2.75) is 6.18 Å². The van der Waals surface area contributed by atoms with Gasteiger partial charge in [-0.2, -0.15) is 18.3 Å². The van der Waals surface area contributed by atoms with Crippen molar-refractivity contribution in [3.05, 3.63) is 60.2 Å². The van der Waals surface area contributed by atoms with Crippen LogP contribution >= 0.6 is 45.2 Å². The summed E-state index contributed by atoms with van der Waals surface area (Å²) in [6, 6.07) is 7.19. The van der Waals surface area contributed by atoms with Gasteiger partial charge in [0, 0.05) is 5.56 Å². The van der Waals surface area contributed by atoms with E-state index in [2.05, 4.69) is 10.5 Å². The molecule has 9 heteroatoms. The third kappa shape index (κ3) is 4.82. The number of hydrogen-bond donors (Lipinski definition) is 2. The minimum Gasteiger partial charge on any atom is -0.506 e. The zero-order valence-electron chi connectivity index (χ0n) is 11.7. The van der Waals surface area contributed by atoms with E-state index in [4.69, 9.17) is 0 Å². The Labute approximate surface area is 162 Å². The van der Waals surface area contributed by atoms with Gasteiger partial charge in [-0.05, 0) is 87.1 Å². The molecule has 0 saturated heterocycles. The van der Waals surface area contributed by atoms with Gasteiger partial charge in [-0.25, -0.2) is 5.43 Å². The molecule has 0 spiro atoms. The number of alkyl halides is 3. The highest BCUT2D eigenvalue weighted by Gasteiger charge is 2.30. The Morgan fingerprint density at radius 1 is 1.12 bits per heavy atom. The topological polar surface area (TPSA) is 61.7 Å². The van der Waals surface area contributed by atoms with Crippen molar-refractivity contribution in [1.82, 2.24) is 5.43 Å². The number of benzene rings is 2. The molecule has 1 amide bonds. The van der Waals surface area contributed by atoms with Gasteiger partial charge in [-0.15, -0.1) is 0 Å². The SMILES string of the molecule is O=C(N/N=C/c1cc(I)c(O)c(I)c1)c1ccc(C(F)(F)F)cc1. The summed E-state index contributed by atoms with van der Waals surface area (Å²) < 4.78 is 38.7. The van der Waals surface area contributed by atoms with Crippen LogP contribution in [0.2, 0.25) is 0 Å². The fraction of sp³-hybridized carbons (Fsp3) is 0.0667. The molecule has 2 aromatic carbocycles. The van der Waals surface area contributed by atoms with E-state index in [0.717, 1.165) is 24.3 Å². The van der Waals surface area contributed by atoms with Crippen LogP contribution in [0.4, 0.5) is 13.2 Å². The Hall–Kier alpha value is -1.37. The first-order valence-electron chi connectivity index (χ1n) is 6.37. The largest absolute Gasteiger partial charge is 0.506 e. The summed E-state index contributed by atoms with van der Waals surface area (Å²) in [6.45, 7) is 0. The van der Waals surface area contributed by atoms with Gasteiger partial charge in [-0.1, -0.05) is 0 Å². The quantitative estimate of drug-likeness (QED) is 0.333. The maximum absolute atomic E-state index is 12.5. The van der Waals surface area contributed by atoms with Crippen LogP contribution in [-0.4, -0.2) is 17.2 Å². The number of carbonyl (C=O) groups excluding carboxylic acids is 1. The molecule has 0 unspecified atom stereocenters. The van der Waals surface area contributed by atoms with Gasteiger partial charge in [0.05, 0.1) is 18.9 Å². The standard InChI is InChI=1S/C15H9F3I2N2O2/c16-15(17,18)10-3-1-9(2-4-10)14(24)22-21-7-8-5-11(19)13(23)12(20)6-8/h1-7,23H,(H,22,24)/b21-7+. The van der Waals surface area contributed by atoms with Crippen molar-refractivity contribution in [2.75, 3.05) is 0 Å². The van der Waals surface area contributed by atoms with Crippen molar-refractivity contribution in [1.29, 1.82) is 0 Å². The summed E-state index contributed by atoms with van der Waals surface area (Å²) in [5.74, 6) is -0.453. The van der Waals surface area contributed by atoms with Crippen LogP contribution in [0.15, 0.2) is 41.5 Å². The molecule has 2 aromatic rings. The Balaban J connectivity index is 2.05. The predicted octanol–water partition coefficient (Wildman–Crippen LogP) is 4.38. The van der Waals surface area contributed by atoms with Crippen LogP contribution in [0.5, 0.6) is 5.75 Å². The van der Waals surface area contributed by atoms with E-state index < -0.39 is 17.6 Å². The van der Waals surface area contributed by atoms with Crippen LogP contribution in [0.3, 0.4) is 0 Å². The maximum Gasteiger partial charge on any atom is 0.416 e. The molecule has 2 rings (SSSR count). The van der Waals surface area contributed by atoms with Gasteiger partial charge in [-0.3, -0.25) is 4.79 Å². The zero-order valence-corrected chi connectivity index (χ0v) is 16.0. The van der Waals surface area contributed by atoms with Crippen LogP contribution in [0.25, 0.3) is 0 Å². The van der Waals surface area contributed by atoms with E-state index in [-0.39, 0.29) is 11.3 Å². The summed E-state index contributed by atoms with van der Waals surface area (Å²) in [5, 5.41) is 13.4.